The van der Waals surface area contributed by atoms with Crippen LogP contribution in [-0.2, 0) is 37.9 Å². The van der Waals surface area contributed by atoms with Gasteiger partial charge in [0, 0.05) is 0 Å². The van der Waals surface area contributed by atoms with Gasteiger partial charge in [0.1, 0.15) is 63.8 Å². The van der Waals surface area contributed by atoms with Crippen LogP contribution in [-0.4, -0.2) is 77.0 Å². The van der Waals surface area contributed by atoms with Crippen molar-refractivity contribution in [2.24, 2.45) is 0 Å². The minimum Gasteiger partial charge on any atom is -0.353 e. The molecule has 4 saturated heterocycles. The predicted molar refractivity (Wildman–Crippen MR) is 60.6 cm³/mol. The molecule has 0 bridgehead atoms. The Hall–Kier alpha value is -0.320. The minimum atomic E-state index is -0.251. The molecule has 0 aromatic heterocycles. The fourth-order valence-electron chi connectivity index (χ4n) is 3.05. The molecule has 20 heavy (non-hydrogen) atoms. The Labute approximate surface area is 116 Å². The van der Waals surface area contributed by atoms with Gasteiger partial charge in [-0.1, -0.05) is 0 Å². The number of rotatable bonds is 3. The highest BCUT2D eigenvalue weighted by molar-refractivity contribution is 4.96. The lowest BCUT2D eigenvalue weighted by Gasteiger charge is -2.29. The topological polar surface area (TPSA) is 73.8 Å². The van der Waals surface area contributed by atoms with Gasteiger partial charge in [-0.25, -0.2) is 0 Å². The standard InChI is InChI=1S/C12H18O8/c1-7(15-3-13-1)9-11(19-5-17-9)12-10(18-6-20-12)8-2-14-4-16-8/h7-12H,1-6H2/t7-,8+,9-,10+,11-,12+. The monoisotopic (exact) mass is 290 g/mol. The van der Waals surface area contributed by atoms with E-state index in [0.717, 1.165) is 0 Å². The van der Waals surface area contributed by atoms with E-state index in [4.69, 9.17) is 37.9 Å². The summed E-state index contributed by atoms with van der Waals surface area (Å²) in [6.45, 7) is 2.05. The lowest BCUT2D eigenvalue weighted by molar-refractivity contribution is -0.0691. The van der Waals surface area contributed by atoms with E-state index in [0.29, 0.717) is 26.8 Å². The fraction of sp³-hybridized carbons (Fsp3) is 1.00. The molecule has 0 aliphatic carbocycles. The van der Waals surface area contributed by atoms with Crippen LogP contribution in [0.2, 0.25) is 0 Å². The third-order valence-electron chi connectivity index (χ3n) is 4.04. The zero-order valence-corrected chi connectivity index (χ0v) is 11.0. The number of hydrogen-bond acceptors (Lipinski definition) is 8. The summed E-state index contributed by atoms with van der Waals surface area (Å²) in [6.07, 6.45) is -1.19. The first-order chi connectivity index (χ1) is 9.93. The molecule has 0 amide bonds. The van der Waals surface area contributed by atoms with Gasteiger partial charge in [0.15, 0.2) is 0 Å². The van der Waals surface area contributed by atoms with Gasteiger partial charge in [0.05, 0.1) is 13.2 Å². The molecule has 0 unspecified atom stereocenters. The third kappa shape index (κ3) is 2.36. The van der Waals surface area contributed by atoms with Gasteiger partial charge >= 0.3 is 0 Å². The summed E-state index contributed by atoms with van der Waals surface area (Å²) in [5, 5.41) is 0. The molecule has 0 saturated carbocycles. The van der Waals surface area contributed by atoms with Crippen molar-refractivity contribution < 1.29 is 37.9 Å². The van der Waals surface area contributed by atoms with Gasteiger partial charge < -0.3 is 37.9 Å². The maximum atomic E-state index is 5.69. The molecule has 4 fully saturated rings. The summed E-state index contributed by atoms with van der Waals surface area (Å²) in [7, 11) is 0. The van der Waals surface area contributed by atoms with Crippen LogP contribution in [0.25, 0.3) is 0 Å². The van der Waals surface area contributed by atoms with E-state index < -0.39 is 0 Å². The Kier molecular flexibility index (Phi) is 3.88. The van der Waals surface area contributed by atoms with Crippen LogP contribution < -0.4 is 0 Å². The summed E-state index contributed by atoms with van der Waals surface area (Å²) in [4.78, 5) is 0. The molecule has 4 aliphatic rings. The molecule has 4 aliphatic heterocycles. The van der Waals surface area contributed by atoms with E-state index in [-0.39, 0.29) is 50.2 Å². The summed E-state index contributed by atoms with van der Waals surface area (Å²) in [5.41, 5.74) is 0. The molecule has 8 nitrogen and oxygen atoms in total. The summed E-state index contributed by atoms with van der Waals surface area (Å²) in [5.74, 6) is 0. The van der Waals surface area contributed by atoms with Crippen molar-refractivity contribution in [1.29, 1.82) is 0 Å². The maximum Gasteiger partial charge on any atom is 0.148 e. The largest absolute Gasteiger partial charge is 0.353 e. The highest BCUT2D eigenvalue weighted by atomic mass is 16.8. The van der Waals surface area contributed by atoms with Gasteiger partial charge in [-0.05, 0) is 0 Å². The van der Waals surface area contributed by atoms with Crippen molar-refractivity contribution in [3.8, 4) is 0 Å². The number of hydrogen-bond donors (Lipinski definition) is 0. The smallest absolute Gasteiger partial charge is 0.148 e. The van der Waals surface area contributed by atoms with Crippen LogP contribution >= 0.6 is 0 Å². The molecule has 0 aromatic carbocycles. The lowest BCUT2D eigenvalue weighted by atomic mass is 9.97. The van der Waals surface area contributed by atoms with E-state index in [1.54, 1.807) is 0 Å². The summed E-state index contributed by atoms with van der Waals surface area (Å²) < 4.78 is 44.1. The minimum absolute atomic E-state index is 0.131. The molecular formula is C12H18O8. The molecule has 4 rings (SSSR count). The van der Waals surface area contributed by atoms with Crippen LogP contribution in [0.4, 0.5) is 0 Å². The first kappa shape index (κ1) is 13.4. The Bertz CT molecular complexity index is 295. The lowest BCUT2D eigenvalue weighted by Crippen LogP contribution is -2.50. The van der Waals surface area contributed by atoms with E-state index in [2.05, 4.69) is 0 Å². The highest BCUT2D eigenvalue weighted by Gasteiger charge is 2.51. The van der Waals surface area contributed by atoms with Gasteiger partial charge in [0.2, 0.25) is 0 Å². The van der Waals surface area contributed by atoms with Crippen LogP contribution in [0.1, 0.15) is 0 Å². The van der Waals surface area contributed by atoms with Gasteiger partial charge in [-0.3, -0.25) is 0 Å². The molecular weight excluding hydrogens is 272 g/mol. The maximum absolute atomic E-state index is 5.69. The second-order valence-corrected chi connectivity index (χ2v) is 5.15. The first-order valence-corrected chi connectivity index (χ1v) is 6.78. The Morgan fingerprint density at radius 2 is 0.900 bits per heavy atom. The Morgan fingerprint density at radius 1 is 0.450 bits per heavy atom. The normalized spacial score (nSPS) is 49.2. The fourth-order valence-corrected chi connectivity index (χ4v) is 3.05. The van der Waals surface area contributed by atoms with Crippen molar-refractivity contribution in [2.45, 2.75) is 36.6 Å². The predicted octanol–water partition coefficient (Wildman–Crippen LogP) is -0.785. The summed E-state index contributed by atoms with van der Waals surface area (Å²) >= 11 is 0. The van der Waals surface area contributed by atoms with E-state index >= 15 is 0 Å². The van der Waals surface area contributed by atoms with E-state index in [9.17, 15) is 0 Å². The molecule has 8 heteroatoms. The SMILES string of the molecule is C1O[C@H]([C@@H]2OCO[C@@H]2[C@H]2COCO2)[C@H]([C@@H]2COCO2)O1. The molecule has 0 N–H and O–H groups in total. The molecule has 0 aromatic rings. The molecule has 0 radical (unpaired) electrons. The van der Waals surface area contributed by atoms with Crippen LogP contribution in [0, 0.1) is 0 Å². The van der Waals surface area contributed by atoms with Crippen LogP contribution in [0.3, 0.4) is 0 Å². The van der Waals surface area contributed by atoms with Crippen molar-refractivity contribution in [3.05, 3.63) is 0 Å². The van der Waals surface area contributed by atoms with Crippen LogP contribution in [0.5, 0.6) is 0 Å². The Morgan fingerprint density at radius 3 is 1.30 bits per heavy atom. The second kappa shape index (κ2) is 5.82. The van der Waals surface area contributed by atoms with E-state index in [1.165, 1.54) is 0 Å². The second-order valence-electron chi connectivity index (χ2n) is 5.15. The molecule has 114 valence electrons. The van der Waals surface area contributed by atoms with Crippen molar-refractivity contribution in [1.82, 2.24) is 0 Å². The third-order valence-corrected chi connectivity index (χ3v) is 4.04. The molecule has 6 atom stereocenters. The van der Waals surface area contributed by atoms with Crippen molar-refractivity contribution in [2.75, 3.05) is 40.4 Å². The molecule has 0 spiro atoms. The zero-order valence-electron chi connectivity index (χ0n) is 11.0. The van der Waals surface area contributed by atoms with Crippen LogP contribution in [0.15, 0.2) is 0 Å². The van der Waals surface area contributed by atoms with E-state index in [1.807, 2.05) is 0 Å². The Balaban J connectivity index is 1.46. The highest BCUT2D eigenvalue weighted by Crippen LogP contribution is 2.32. The first-order valence-electron chi connectivity index (χ1n) is 6.78. The average molecular weight is 290 g/mol. The van der Waals surface area contributed by atoms with Gasteiger partial charge in [-0.2, -0.15) is 0 Å². The zero-order chi connectivity index (χ0) is 13.4. The summed E-state index contributed by atoms with van der Waals surface area (Å²) in [6, 6.07) is 0. The van der Waals surface area contributed by atoms with Gasteiger partial charge in [0.25, 0.3) is 0 Å². The molecule has 4 heterocycles. The van der Waals surface area contributed by atoms with Crippen molar-refractivity contribution >= 4 is 0 Å². The van der Waals surface area contributed by atoms with Gasteiger partial charge in [-0.15, -0.1) is 0 Å². The quantitative estimate of drug-likeness (QED) is 0.670. The number of ether oxygens (including phenoxy) is 8. The average Bonchev–Trinajstić information content (AvgIpc) is 3.23. The van der Waals surface area contributed by atoms with Crippen molar-refractivity contribution in [3.63, 3.8) is 0 Å².